The van der Waals surface area contributed by atoms with E-state index in [1.165, 1.54) is 25.2 Å². The Balaban J connectivity index is 0.000000143. The van der Waals surface area contributed by atoms with Crippen molar-refractivity contribution in [3.8, 4) is 0 Å². The first-order chi connectivity index (χ1) is 44.8. The van der Waals surface area contributed by atoms with Gasteiger partial charge >= 0.3 is 0 Å². The molecule has 27 heteroatoms. The maximum absolute atomic E-state index is 12.5. The van der Waals surface area contributed by atoms with Crippen molar-refractivity contribution >= 4 is 80.3 Å². The molecule has 1 saturated heterocycles. The predicted molar refractivity (Wildman–Crippen MR) is 362 cm³/mol. The summed E-state index contributed by atoms with van der Waals surface area (Å²) in [5.41, 5.74) is 14.6. The molecule has 93 heavy (non-hydrogen) atoms. The number of nitrogens with two attached hydrogens (primary N) is 1. The molecule has 2 bridgehead atoms. The highest BCUT2D eigenvalue weighted by Gasteiger charge is 2.48. The van der Waals surface area contributed by atoms with E-state index in [-0.39, 0.29) is 73.3 Å². The summed E-state index contributed by atoms with van der Waals surface area (Å²) in [5.74, 6) is 4.65. The lowest BCUT2D eigenvalue weighted by Crippen LogP contribution is -2.52. The van der Waals surface area contributed by atoms with Crippen LogP contribution in [-0.2, 0) is 4.79 Å². The number of carbonyl (C=O) groups is 1. The molecular weight excluding hydrogens is 1180 g/mol. The van der Waals surface area contributed by atoms with E-state index < -0.39 is 0 Å². The number of likely N-dealkylation sites (tertiary alicyclic amines) is 1. The maximum Gasteiger partial charge on any atom is 0.228 e. The van der Waals surface area contributed by atoms with Gasteiger partial charge < -0.3 is 77.2 Å². The van der Waals surface area contributed by atoms with Crippen molar-refractivity contribution in [1.82, 2.24) is 68.8 Å². The Morgan fingerprint density at radius 1 is 0.720 bits per heavy atom. The van der Waals surface area contributed by atoms with Crippen LogP contribution in [0, 0.1) is 29.4 Å². The summed E-state index contributed by atoms with van der Waals surface area (Å²) < 4.78 is 6.82. The summed E-state index contributed by atoms with van der Waals surface area (Å²) in [6.07, 6.45) is 29.2. The maximum atomic E-state index is 12.5. The van der Waals surface area contributed by atoms with Gasteiger partial charge in [0.1, 0.15) is 11.5 Å². The number of piperidine rings is 1. The number of nitrogens with zero attached hydrogens (tertiary/aromatic N) is 14. The highest BCUT2D eigenvalue weighted by atomic mass is 16.5. The Kier molecular flexibility index (Phi) is 20.2. The van der Waals surface area contributed by atoms with Crippen LogP contribution >= 0.6 is 0 Å². The van der Waals surface area contributed by atoms with Gasteiger partial charge in [-0.05, 0) is 144 Å². The summed E-state index contributed by atoms with van der Waals surface area (Å²) in [6.45, 7) is 22.3. The standard InChI is InChI=1S/C24H32N6O2.C21H31N9O.C21H29N7O2/c1-14(2)30-13-25-20-21(26-17-10-15(3)4-5-18(17)32)28-23(29-22(20)30)27-19-11-16-6-8-24(19,12-31)9-7-16;1-13(2)30-12-23-18-19(25-15-10-14(3)24-16(22)11-15)27-21(28-20(18)30)26-17-6-4-5-7-29(17)8-9-31;1-13(2)28-12-22-18-19(23-16-8-14(3)9-27(30)10-16)25-21(26-20(18)28)24-17-7-5-4-6-15(17)11-29/h4,10,13-14,16,19,31H,5-9,11-12H2,1-3H3,(H2,26,27,28,29);10-13,17,24,31H,3-9,22H2,1-2H3,(H2,25,26,27,28);8-10,12-13,15,17,29H,4-7,11H2,1-3H3,(H2,23,24,25,26)/t16?,19-,24?;17-;15-,17+/m011/s1. The Bertz CT molecular complexity index is 3940. The zero-order valence-electron chi connectivity index (χ0n) is 54.8. The summed E-state index contributed by atoms with van der Waals surface area (Å²) in [6, 6.07) is 2.74. The number of aliphatic hydroxyl groups excluding tert-OH is 3. The van der Waals surface area contributed by atoms with Crippen LogP contribution in [0.1, 0.15) is 156 Å². The summed E-state index contributed by atoms with van der Waals surface area (Å²) >= 11 is 0. The second-order valence-electron chi connectivity index (χ2n) is 26.6. The molecule has 12 N–H and O–H groups in total. The number of ketones is 1. The van der Waals surface area contributed by atoms with Gasteiger partial charge in [0.2, 0.25) is 24.0 Å². The van der Waals surface area contributed by atoms with E-state index in [0.717, 1.165) is 109 Å². The highest BCUT2D eigenvalue weighted by Crippen LogP contribution is 2.51. The Morgan fingerprint density at radius 2 is 1.30 bits per heavy atom. The Hall–Kier alpha value is -8.79. The summed E-state index contributed by atoms with van der Waals surface area (Å²) in [5, 5.41) is 64.6. The minimum atomic E-state index is -0.108. The number of pyridine rings is 1. The number of nitrogens with one attached hydrogen (secondary N) is 7. The number of β-amino-alcohol motifs (C(OH)–C–C–N with tert-alkyl or cyclic N) is 1. The van der Waals surface area contributed by atoms with Crippen molar-refractivity contribution in [3.05, 3.63) is 108 Å². The minimum absolute atomic E-state index is 0.0315. The number of allylic oxidation sites excluding steroid dienone is 6. The summed E-state index contributed by atoms with van der Waals surface area (Å²) in [7, 11) is 0. The molecule has 27 nitrogen and oxygen atoms in total. The molecule has 14 rings (SSSR count). The Morgan fingerprint density at radius 3 is 1.88 bits per heavy atom. The van der Waals surface area contributed by atoms with Crippen LogP contribution in [0.2, 0.25) is 0 Å². The van der Waals surface area contributed by atoms with E-state index in [2.05, 4.69) is 110 Å². The van der Waals surface area contributed by atoms with E-state index >= 15 is 0 Å². The molecular formula is C66H92N22O5. The number of fused-ring (bicyclic) bond motifs is 6. The number of carbonyl (C=O) groups excluding carboxylic acids is 1. The smallest absolute Gasteiger partial charge is 0.228 e. The molecule has 0 unspecified atom stereocenters. The van der Waals surface area contributed by atoms with Crippen LogP contribution in [-0.4, -0.2) is 136 Å². The van der Waals surface area contributed by atoms with E-state index in [4.69, 9.17) is 30.7 Å². The lowest BCUT2D eigenvalue weighted by atomic mass is 9.58. The first kappa shape index (κ1) is 65.7. The molecule has 0 amide bonds. The van der Waals surface area contributed by atoms with Crippen molar-refractivity contribution in [2.75, 3.05) is 64.8 Å². The molecule has 5 fully saturated rings. The first-order valence-electron chi connectivity index (χ1n) is 32.9. The van der Waals surface area contributed by atoms with Crippen molar-refractivity contribution in [3.63, 3.8) is 0 Å². The lowest BCUT2D eigenvalue weighted by molar-refractivity contribution is -0.605. The van der Waals surface area contributed by atoms with Gasteiger partial charge in [-0.25, -0.2) is 15.0 Å². The topological polar surface area (TPSA) is 349 Å². The molecule has 0 spiro atoms. The number of hydrogen-bond acceptors (Lipinski definition) is 23. The predicted octanol–water partition coefficient (Wildman–Crippen LogP) is 8.87. The van der Waals surface area contributed by atoms with Crippen molar-refractivity contribution in [2.45, 2.75) is 175 Å². The van der Waals surface area contributed by atoms with Crippen LogP contribution in [0.25, 0.3) is 33.5 Å². The van der Waals surface area contributed by atoms with Crippen LogP contribution in [0.15, 0.2) is 96.8 Å². The zero-order valence-corrected chi connectivity index (χ0v) is 54.8. The number of Topliss-reactive ketones (excluding diaryl/α,β-unsaturated/α-hetero) is 1. The second kappa shape index (κ2) is 28.6. The fraction of sp³-hybridized carbons (Fsp3) is 0.530. The van der Waals surface area contributed by atoms with E-state index in [1.54, 1.807) is 25.1 Å². The van der Waals surface area contributed by atoms with Crippen molar-refractivity contribution in [2.24, 2.45) is 23.0 Å². The quantitative estimate of drug-likeness (QED) is 0.0266. The molecule has 4 saturated carbocycles. The SMILES string of the molecule is C=C1C=C(Nc2nc(N[C@H]3CCCCN3CCO)nc3c2ncn3C(C)C)C=C(N)N1.CC1=CCC(=O)C(Nc2nc(N[C@H]3CC4CCC3(CO)CC4)nc3c2ncn3C(C)C)=C1.Cc1cc(Nc2nc(N[C@H]3CCCC[C@@H]3CO)nc3c2ncn3C(C)C)c[n+]([O-])c1. The van der Waals surface area contributed by atoms with Crippen LogP contribution in [0.3, 0.4) is 0 Å². The van der Waals surface area contributed by atoms with E-state index in [0.29, 0.717) is 93.6 Å². The molecule has 496 valence electrons. The van der Waals surface area contributed by atoms with Gasteiger partial charge in [-0.3, -0.25) is 9.69 Å². The number of hydrogen-bond donors (Lipinski definition) is 11. The van der Waals surface area contributed by atoms with Crippen LogP contribution in [0.4, 0.5) is 41.0 Å². The number of aromatic nitrogens is 13. The molecule has 7 aliphatic rings. The largest absolute Gasteiger partial charge is 0.619 e. The fourth-order valence-corrected chi connectivity index (χ4v) is 13.6. The number of anilines is 7. The van der Waals surface area contributed by atoms with Gasteiger partial charge in [0, 0.05) is 90.7 Å². The van der Waals surface area contributed by atoms with Gasteiger partial charge in [0.25, 0.3) is 0 Å². The van der Waals surface area contributed by atoms with Crippen LogP contribution < -0.4 is 47.7 Å². The number of aryl methyl sites for hydroxylation is 1. The monoisotopic (exact) mass is 1270 g/mol. The van der Waals surface area contributed by atoms with Gasteiger partial charge in [-0.1, -0.05) is 31.1 Å². The highest BCUT2D eigenvalue weighted by molar-refractivity contribution is 6.02. The summed E-state index contributed by atoms with van der Waals surface area (Å²) in [4.78, 5) is 56.9. The molecule has 9 heterocycles. The normalized spacial score (nSPS) is 22.4. The third-order valence-electron chi connectivity index (χ3n) is 18.7. The molecule has 7 aromatic rings. The molecule has 7 aromatic heterocycles. The molecule has 2 aliphatic heterocycles. The Labute approximate surface area is 542 Å². The fourth-order valence-electron chi connectivity index (χ4n) is 13.6. The molecule has 5 aliphatic carbocycles. The van der Waals surface area contributed by atoms with E-state index in [1.807, 2.05) is 51.8 Å². The van der Waals surface area contributed by atoms with Crippen molar-refractivity contribution in [1.29, 1.82) is 0 Å². The van der Waals surface area contributed by atoms with Crippen molar-refractivity contribution < 1.29 is 24.8 Å². The molecule has 4 atom stereocenters. The lowest BCUT2D eigenvalue weighted by Gasteiger charge is -2.51. The van der Waals surface area contributed by atoms with E-state index in [9.17, 15) is 25.3 Å². The number of dihydropyridines is 1. The van der Waals surface area contributed by atoms with Gasteiger partial charge in [-0.15, -0.1) is 0 Å². The first-order valence-corrected chi connectivity index (χ1v) is 32.9. The van der Waals surface area contributed by atoms with Gasteiger partial charge in [0.05, 0.1) is 44.1 Å². The van der Waals surface area contributed by atoms with Gasteiger partial charge in [-0.2, -0.15) is 34.6 Å². The minimum Gasteiger partial charge on any atom is -0.619 e. The second-order valence-corrected chi connectivity index (χ2v) is 26.6. The number of aliphatic hydroxyl groups is 3. The molecule has 0 radical (unpaired) electrons. The third kappa shape index (κ3) is 15.0. The number of imidazole rings is 3. The van der Waals surface area contributed by atoms with Crippen LogP contribution in [0.5, 0.6) is 0 Å². The average Bonchev–Trinajstić information content (AvgIpc) is 1.61. The third-order valence-corrected chi connectivity index (χ3v) is 18.7. The van der Waals surface area contributed by atoms with Gasteiger partial charge in [0.15, 0.2) is 62.9 Å². The molecule has 0 aromatic carbocycles. The number of rotatable bonds is 19. The zero-order chi connectivity index (χ0) is 65.7. The average molecular weight is 1270 g/mol.